The van der Waals surface area contributed by atoms with Crippen molar-refractivity contribution in [3.05, 3.63) is 41.7 Å². The number of amides is 1. The number of carbonyl (C=O) groups is 1. The summed E-state index contributed by atoms with van der Waals surface area (Å²) >= 11 is 0. The van der Waals surface area contributed by atoms with E-state index in [9.17, 15) is 4.79 Å². The molecule has 1 amide bonds. The average Bonchev–Trinajstić information content (AvgIpc) is 3.38. The average molecular weight is 394 g/mol. The molecule has 3 heterocycles. The molecule has 0 bridgehead atoms. The van der Waals surface area contributed by atoms with Gasteiger partial charge in [0.05, 0.1) is 12.2 Å². The van der Waals surface area contributed by atoms with Gasteiger partial charge in [-0.05, 0) is 36.9 Å². The van der Waals surface area contributed by atoms with E-state index in [4.69, 9.17) is 0 Å². The fraction of sp³-hybridized carbons (Fsp3) is 0.450. The normalized spacial score (nSPS) is 15.4. The molecule has 4 rings (SSSR count). The lowest BCUT2D eigenvalue weighted by Crippen LogP contribution is -2.29. The van der Waals surface area contributed by atoms with Crippen molar-refractivity contribution < 1.29 is 4.79 Å². The maximum atomic E-state index is 12.5. The summed E-state index contributed by atoms with van der Waals surface area (Å²) < 4.78 is 1.77. The van der Waals surface area contributed by atoms with Crippen LogP contribution in [0.3, 0.4) is 0 Å². The van der Waals surface area contributed by atoms with Gasteiger partial charge in [-0.25, -0.2) is 4.68 Å². The zero-order valence-electron chi connectivity index (χ0n) is 16.9. The van der Waals surface area contributed by atoms with Crippen LogP contribution in [-0.2, 0) is 5.41 Å². The Labute approximate surface area is 169 Å². The van der Waals surface area contributed by atoms with Crippen LogP contribution in [0.5, 0.6) is 0 Å². The van der Waals surface area contributed by atoms with Crippen molar-refractivity contribution in [2.24, 2.45) is 0 Å². The monoisotopic (exact) mass is 394 g/mol. The second-order valence-electron chi connectivity index (χ2n) is 8.35. The minimum atomic E-state index is -0.376. The zero-order valence-corrected chi connectivity index (χ0v) is 16.9. The third kappa shape index (κ3) is 4.34. The summed E-state index contributed by atoms with van der Waals surface area (Å²) in [4.78, 5) is 16.9. The van der Waals surface area contributed by atoms with Gasteiger partial charge in [-0.15, -0.1) is 10.2 Å². The highest BCUT2D eigenvalue weighted by Gasteiger charge is 2.20. The fourth-order valence-corrected chi connectivity index (χ4v) is 3.37. The predicted octanol–water partition coefficient (Wildman–Crippen LogP) is 2.54. The van der Waals surface area contributed by atoms with Crippen LogP contribution in [0, 0.1) is 0 Å². The molecule has 3 aromatic rings. The standard InChI is InChI=1S/C20H26N8O/c1-20(2,3)14-6-4-13(5-7-14)17-22-19(26-25-17)23-18(29)16-12-28(27-24-16)15-8-10-21-11-9-15/h4-7,12,15,21H,8-11H2,1-3H3,(H2,22,23,25,26,29). The molecule has 0 unspecified atom stereocenters. The number of piperidine rings is 1. The highest BCUT2D eigenvalue weighted by molar-refractivity contribution is 6.01. The van der Waals surface area contributed by atoms with Crippen LogP contribution in [0.4, 0.5) is 5.95 Å². The molecule has 29 heavy (non-hydrogen) atoms. The van der Waals surface area contributed by atoms with E-state index >= 15 is 0 Å². The Morgan fingerprint density at radius 1 is 1.17 bits per heavy atom. The summed E-state index contributed by atoms with van der Waals surface area (Å²) in [6.45, 7) is 8.41. The summed E-state index contributed by atoms with van der Waals surface area (Å²) in [6.07, 6.45) is 3.63. The number of benzene rings is 1. The van der Waals surface area contributed by atoms with Crippen LogP contribution in [0.2, 0.25) is 0 Å². The quantitative estimate of drug-likeness (QED) is 0.627. The van der Waals surface area contributed by atoms with E-state index in [2.05, 4.69) is 69.0 Å². The Balaban J connectivity index is 1.42. The van der Waals surface area contributed by atoms with Gasteiger partial charge in [0.25, 0.3) is 5.91 Å². The van der Waals surface area contributed by atoms with Crippen LogP contribution >= 0.6 is 0 Å². The van der Waals surface area contributed by atoms with Gasteiger partial charge in [-0.3, -0.25) is 15.2 Å². The third-order valence-corrected chi connectivity index (χ3v) is 5.16. The minimum absolute atomic E-state index is 0.0880. The number of aromatic nitrogens is 6. The first-order valence-corrected chi connectivity index (χ1v) is 9.87. The van der Waals surface area contributed by atoms with Gasteiger partial charge in [0, 0.05) is 5.56 Å². The second kappa shape index (κ2) is 7.75. The van der Waals surface area contributed by atoms with Gasteiger partial charge in [0.2, 0.25) is 5.95 Å². The Morgan fingerprint density at radius 2 is 1.90 bits per heavy atom. The van der Waals surface area contributed by atoms with E-state index in [0.29, 0.717) is 5.82 Å². The molecule has 1 aliphatic heterocycles. The molecule has 0 radical (unpaired) electrons. The Bertz CT molecular complexity index is 977. The van der Waals surface area contributed by atoms with Gasteiger partial charge in [-0.1, -0.05) is 50.3 Å². The Morgan fingerprint density at radius 3 is 2.59 bits per heavy atom. The molecule has 152 valence electrons. The van der Waals surface area contributed by atoms with Gasteiger partial charge < -0.3 is 5.32 Å². The smallest absolute Gasteiger partial charge is 0.280 e. The van der Waals surface area contributed by atoms with Crippen molar-refractivity contribution in [1.29, 1.82) is 0 Å². The highest BCUT2D eigenvalue weighted by Crippen LogP contribution is 2.25. The van der Waals surface area contributed by atoms with Gasteiger partial charge in [0.1, 0.15) is 0 Å². The molecule has 1 fully saturated rings. The SMILES string of the molecule is CC(C)(C)c1ccc(-c2nc(NC(=O)c3cn(C4CCNCC4)nn3)n[nH]2)cc1. The molecule has 1 aliphatic rings. The zero-order chi connectivity index (χ0) is 20.4. The number of hydrogen-bond acceptors (Lipinski definition) is 6. The predicted molar refractivity (Wildman–Crippen MR) is 110 cm³/mol. The van der Waals surface area contributed by atoms with E-state index < -0.39 is 0 Å². The molecule has 2 aromatic heterocycles. The number of rotatable bonds is 4. The lowest BCUT2D eigenvalue weighted by atomic mass is 9.87. The molecule has 9 heteroatoms. The van der Waals surface area contributed by atoms with Crippen LogP contribution in [0.25, 0.3) is 11.4 Å². The summed E-state index contributed by atoms with van der Waals surface area (Å²) in [6, 6.07) is 8.43. The molecule has 3 N–H and O–H groups in total. The molecule has 0 spiro atoms. The first kappa shape index (κ1) is 19.3. The van der Waals surface area contributed by atoms with Crippen LogP contribution in [0.15, 0.2) is 30.5 Å². The lowest BCUT2D eigenvalue weighted by Gasteiger charge is -2.21. The van der Waals surface area contributed by atoms with Gasteiger partial charge in [0.15, 0.2) is 11.5 Å². The number of nitrogens with zero attached hydrogens (tertiary/aromatic N) is 5. The van der Waals surface area contributed by atoms with Gasteiger partial charge >= 0.3 is 0 Å². The number of nitrogens with one attached hydrogen (secondary N) is 3. The maximum absolute atomic E-state index is 12.5. The number of H-pyrrole nitrogens is 1. The van der Waals surface area contributed by atoms with E-state index in [-0.39, 0.29) is 29.0 Å². The lowest BCUT2D eigenvalue weighted by molar-refractivity contribution is 0.102. The number of aromatic amines is 1. The number of anilines is 1. The number of hydrogen-bond donors (Lipinski definition) is 3. The molecule has 1 saturated heterocycles. The summed E-state index contributed by atoms with van der Waals surface area (Å²) in [5, 5.41) is 21.1. The highest BCUT2D eigenvalue weighted by atomic mass is 16.2. The van der Waals surface area contributed by atoms with Crippen molar-refractivity contribution in [3.63, 3.8) is 0 Å². The largest absolute Gasteiger partial charge is 0.317 e. The third-order valence-electron chi connectivity index (χ3n) is 5.16. The molecule has 0 saturated carbocycles. The van der Waals surface area contributed by atoms with E-state index in [0.717, 1.165) is 31.5 Å². The van der Waals surface area contributed by atoms with Crippen LogP contribution in [-0.4, -0.2) is 49.2 Å². The van der Waals surface area contributed by atoms with Crippen molar-refractivity contribution >= 4 is 11.9 Å². The molecule has 0 aliphatic carbocycles. The maximum Gasteiger partial charge on any atom is 0.280 e. The van der Waals surface area contributed by atoms with Crippen LogP contribution < -0.4 is 10.6 Å². The minimum Gasteiger partial charge on any atom is -0.317 e. The van der Waals surface area contributed by atoms with Crippen molar-refractivity contribution in [2.45, 2.75) is 45.1 Å². The molecule has 9 nitrogen and oxygen atoms in total. The van der Waals surface area contributed by atoms with E-state index in [1.807, 2.05) is 12.1 Å². The second-order valence-corrected chi connectivity index (χ2v) is 8.35. The molecular formula is C20H26N8O. The molecule has 0 atom stereocenters. The Kier molecular flexibility index (Phi) is 5.14. The topological polar surface area (TPSA) is 113 Å². The van der Waals surface area contributed by atoms with E-state index in [1.165, 1.54) is 5.56 Å². The fourth-order valence-electron chi connectivity index (χ4n) is 3.37. The number of carbonyl (C=O) groups excluding carboxylic acids is 1. The Hall–Kier alpha value is -3.07. The molecule has 1 aromatic carbocycles. The summed E-state index contributed by atoms with van der Waals surface area (Å²) in [7, 11) is 0. The summed E-state index contributed by atoms with van der Waals surface area (Å²) in [5.74, 6) is 0.430. The van der Waals surface area contributed by atoms with Crippen molar-refractivity contribution in [3.8, 4) is 11.4 Å². The van der Waals surface area contributed by atoms with Crippen LogP contribution in [0.1, 0.15) is 55.7 Å². The first-order chi connectivity index (χ1) is 13.9. The summed E-state index contributed by atoms with van der Waals surface area (Å²) in [5.41, 5.74) is 2.49. The van der Waals surface area contributed by atoms with Crippen molar-refractivity contribution in [2.75, 3.05) is 18.4 Å². The van der Waals surface area contributed by atoms with E-state index in [1.54, 1.807) is 10.9 Å². The molecular weight excluding hydrogens is 368 g/mol. The van der Waals surface area contributed by atoms with Gasteiger partial charge in [-0.2, -0.15) is 4.98 Å². The van der Waals surface area contributed by atoms with Crippen molar-refractivity contribution in [1.82, 2.24) is 35.5 Å². The first-order valence-electron chi connectivity index (χ1n) is 9.87.